The molecule has 0 saturated carbocycles. The van der Waals surface area contributed by atoms with Crippen molar-refractivity contribution >= 4 is 11.8 Å². The number of hydrogen-bond donors (Lipinski definition) is 1. The lowest BCUT2D eigenvalue weighted by Crippen LogP contribution is -2.30. The molecule has 0 aliphatic heterocycles. The molecule has 1 nitrogen and oxygen atoms in total. The number of hydrogen-bond acceptors (Lipinski definition) is 2. The van der Waals surface area contributed by atoms with Gasteiger partial charge in [-0.2, -0.15) is 11.8 Å². The van der Waals surface area contributed by atoms with Crippen LogP contribution in [0.3, 0.4) is 0 Å². The van der Waals surface area contributed by atoms with Crippen LogP contribution in [0, 0.1) is 0 Å². The van der Waals surface area contributed by atoms with Crippen molar-refractivity contribution in [3.63, 3.8) is 0 Å². The standard InChI is InChI=1S/C15H23NS/c1-3-11-16-15-13-9-5-4-7-12(13)8-6-10-14(15)17-2/h4-5,7,9,14-16H,3,6,8,10-11H2,1-2H3. The summed E-state index contributed by atoms with van der Waals surface area (Å²) in [5.41, 5.74) is 3.09. The minimum absolute atomic E-state index is 0.545. The van der Waals surface area contributed by atoms with Crippen LogP contribution in [0.25, 0.3) is 0 Å². The van der Waals surface area contributed by atoms with E-state index in [1.54, 1.807) is 5.56 Å². The van der Waals surface area contributed by atoms with Crippen LogP contribution < -0.4 is 5.32 Å². The number of nitrogens with one attached hydrogen (secondary N) is 1. The summed E-state index contributed by atoms with van der Waals surface area (Å²) in [7, 11) is 0. The Morgan fingerprint density at radius 3 is 2.94 bits per heavy atom. The van der Waals surface area contributed by atoms with Crippen molar-refractivity contribution in [1.29, 1.82) is 0 Å². The lowest BCUT2D eigenvalue weighted by molar-refractivity contribution is 0.502. The van der Waals surface area contributed by atoms with Crippen molar-refractivity contribution in [2.24, 2.45) is 0 Å². The van der Waals surface area contributed by atoms with E-state index < -0.39 is 0 Å². The molecule has 0 spiro atoms. The van der Waals surface area contributed by atoms with Gasteiger partial charge in [0.1, 0.15) is 0 Å². The molecule has 17 heavy (non-hydrogen) atoms. The van der Waals surface area contributed by atoms with E-state index in [9.17, 15) is 0 Å². The first-order chi connectivity index (χ1) is 8.36. The lowest BCUT2D eigenvalue weighted by Gasteiger charge is -2.26. The zero-order chi connectivity index (χ0) is 12.1. The molecule has 0 bridgehead atoms. The van der Waals surface area contributed by atoms with E-state index in [-0.39, 0.29) is 0 Å². The Kier molecular flexibility index (Phi) is 4.93. The molecule has 94 valence electrons. The number of thioether (sulfide) groups is 1. The Bertz CT molecular complexity index is 351. The largest absolute Gasteiger partial charge is 0.309 e. The van der Waals surface area contributed by atoms with Gasteiger partial charge >= 0.3 is 0 Å². The van der Waals surface area contributed by atoms with Gasteiger partial charge in [0, 0.05) is 11.3 Å². The summed E-state index contributed by atoms with van der Waals surface area (Å²) in [4.78, 5) is 0. The smallest absolute Gasteiger partial charge is 0.0443 e. The SMILES string of the molecule is CCCNC1c2ccccc2CCCC1SC. The molecule has 0 radical (unpaired) electrons. The van der Waals surface area contributed by atoms with Crippen LogP contribution in [-0.4, -0.2) is 18.1 Å². The van der Waals surface area contributed by atoms with Crippen molar-refractivity contribution in [2.75, 3.05) is 12.8 Å². The van der Waals surface area contributed by atoms with Gasteiger partial charge in [0.25, 0.3) is 0 Å². The zero-order valence-corrected chi connectivity index (χ0v) is 11.7. The highest BCUT2D eigenvalue weighted by Crippen LogP contribution is 2.34. The molecule has 2 rings (SSSR count). The fraction of sp³-hybridized carbons (Fsp3) is 0.600. The van der Waals surface area contributed by atoms with Crippen LogP contribution in [0.15, 0.2) is 24.3 Å². The van der Waals surface area contributed by atoms with Gasteiger partial charge in [0.15, 0.2) is 0 Å². The highest BCUT2D eigenvalue weighted by atomic mass is 32.2. The van der Waals surface area contributed by atoms with E-state index in [0.717, 1.165) is 11.8 Å². The Morgan fingerprint density at radius 1 is 1.35 bits per heavy atom. The maximum absolute atomic E-state index is 3.75. The second-order valence-electron chi connectivity index (χ2n) is 4.80. The summed E-state index contributed by atoms with van der Waals surface area (Å²) in [5, 5.41) is 4.47. The molecule has 0 aromatic heterocycles. The highest BCUT2D eigenvalue weighted by molar-refractivity contribution is 7.99. The van der Waals surface area contributed by atoms with Crippen molar-refractivity contribution in [3.8, 4) is 0 Å². The third kappa shape index (κ3) is 3.05. The van der Waals surface area contributed by atoms with Gasteiger partial charge in [-0.15, -0.1) is 0 Å². The van der Waals surface area contributed by atoms with E-state index in [2.05, 4.69) is 42.8 Å². The van der Waals surface area contributed by atoms with Crippen LogP contribution in [0.4, 0.5) is 0 Å². The average Bonchev–Trinajstić information content (AvgIpc) is 2.55. The molecular weight excluding hydrogens is 226 g/mol. The van der Waals surface area contributed by atoms with Crippen LogP contribution in [-0.2, 0) is 6.42 Å². The summed E-state index contributed by atoms with van der Waals surface area (Å²) in [6.07, 6.45) is 7.36. The fourth-order valence-corrected chi connectivity index (χ4v) is 3.64. The van der Waals surface area contributed by atoms with Gasteiger partial charge in [-0.3, -0.25) is 0 Å². The summed E-state index contributed by atoms with van der Waals surface area (Å²) in [6.45, 7) is 3.36. The summed E-state index contributed by atoms with van der Waals surface area (Å²) >= 11 is 2.02. The van der Waals surface area contributed by atoms with Crippen molar-refractivity contribution in [3.05, 3.63) is 35.4 Å². The molecule has 0 saturated heterocycles. The van der Waals surface area contributed by atoms with Gasteiger partial charge < -0.3 is 5.32 Å². The van der Waals surface area contributed by atoms with Crippen LogP contribution in [0.1, 0.15) is 43.4 Å². The van der Waals surface area contributed by atoms with Gasteiger partial charge in [-0.1, -0.05) is 31.2 Å². The monoisotopic (exact) mass is 249 g/mol. The predicted molar refractivity (Wildman–Crippen MR) is 77.7 cm³/mol. The maximum atomic E-state index is 3.75. The molecule has 0 heterocycles. The Labute approximate surface area is 109 Å². The number of aryl methyl sites for hydroxylation is 1. The Hall–Kier alpha value is -0.470. The van der Waals surface area contributed by atoms with Crippen LogP contribution >= 0.6 is 11.8 Å². The lowest BCUT2D eigenvalue weighted by atomic mass is 9.99. The molecule has 1 N–H and O–H groups in total. The topological polar surface area (TPSA) is 12.0 Å². The van der Waals surface area contributed by atoms with E-state index in [4.69, 9.17) is 0 Å². The predicted octanol–water partition coefficient (Wildman–Crippen LogP) is 3.80. The van der Waals surface area contributed by atoms with E-state index in [1.807, 2.05) is 11.8 Å². The maximum Gasteiger partial charge on any atom is 0.0443 e. The van der Waals surface area contributed by atoms with E-state index in [0.29, 0.717) is 6.04 Å². The fourth-order valence-electron chi connectivity index (χ4n) is 2.72. The summed E-state index contributed by atoms with van der Waals surface area (Å²) in [5.74, 6) is 0. The van der Waals surface area contributed by atoms with Gasteiger partial charge in [-0.05, 0) is 49.6 Å². The molecule has 1 aromatic rings. The molecule has 0 fully saturated rings. The Morgan fingerprint density at radius 2 is 2.18 bits per heavy atom. The van der Waals surface area contributed by atoms with Crippen LogP contribution in [0.2, 0.25) is 0 Å². The van der Waals surface area contributed by atoms with E-state index >= 15 is 0 Å². The average molecular weight is 249 g/mol. The molecule has 1 aliphatic rings. The molecule has 2 atom stereocenters. The van der Waals surface area contributed by atoms with Crippen molar-refractivity contribution < 1.29 is 0 Å². The third-order valence-corrected chi connectivity index (χ3v) is 4.73. The molecule has 2 unspecified atom stereocenters. The second-order valence-corrected chi connectivity index (χ2v) is 5.87. The van der Waals surface area contributed by atoms with E-state index in [1.165, 1.54) is 31.2 Å². The second kappa shape index (κ2) is 6.46. The van der Waals surface area contributed by atoms with Crippen molar-refractivity contribution in [1.82, 2.24) is 5.32 Å². The number of benzene rings is 1. The van der Waals surface area contributed by atoms with Gasteiger partial charge in [0.2, 0.25) is 0 Å². The minimum Gasteiger partial charge on any atom is -0.309 e. The molecule has 1 aliphatic carbocycles. The van der Waals surface area contributed by atoms with Crippen LogP contribution in [0.5, 0.6) is 0 Å². The highest BCUT2D eigenvalue weighted by Gasteiger charge is 2.26. The number of rotatable bonds is 4. The normalized spacial score (nSPS) is 24.1. The zero-order valence-electron chi connectivity index (χ0n) is 10.9. The first-order valence-electron chi connectivity index (χ1n) is 6.70. The third-order valence-electron chi connectivity index (χ3n) is 3.61. The first-order valence-corrected chi connectivity index (χ1v) is 7.99. The summed E-state index contributed by atoms with van der Waals surface area (Å²) in [6, 6.07) is 9.52. The molecular formula is C15H23NS. The van der Waals surface area contributed by atoms with Gasteiger partial charge in [0.05, 0.1) is 0 Å². The molecule has 1 aromatic carbocycles. The molecule has 0 amide bonds. The number of fused-ring (bicyclic) bond motifs is 1. The van der Waals surface area contributed by atoms with Gasteiger partial charge in [-0.25, -0.2) is 0 Å². The Balaban J connectivity index is 2.26. The quantitative estimate of drug-likeness (QED) is 0.815. The summed E-state index contributed by atoms with van der Waals surface area (Å²) < 4.78 is 0. The molecule has 2 heteroatoms. The minimum atomic E-state index is 0.545. The van der Waals surface area contributed by atoms with Crippen molar-refractivity contribution in [2.45, 2.75) is 43.9 Å². The first kappa shape index (κ1) is 13.0.